The molecule has 4 nitrogen and oxygen atoms in total. The van der Waals surface area contributed by atoms with Crippen molar-refractivity contribution in [1.29, 1.82) is 0 Å². The van der Waals surface area contributed by atoms with Gasteiger partial charge in [-0.15, -0.1) is 0 Å². The zero-order chi connectivity index (χ0) is 14.1. The van der Waals surface area contributed by atoms with Crippen LogP contribution in [-0.2, 0) is 11.3 Å². The van der Waals surface area contributed by atoms with Gasteiger partial charge in [-0.25, -0.2) is 0 Å². The summed E-state index contributed by atoms with van der Waals surface area (Å²) in [6.45, 7) is 4.62. The third kappa shape index (κ3) is 6.92. The highest BCUT2D eigenvalue weighted by Crippen LogP contribution is 2.26. The molecule has 0 aromatic heterocycles. The molecule has 0 bridgehead atoms. The Morgan fingerprint density at radius 3 is 2.79 bits per heavy atom. The minimum atomic E-state index is -0.331. The zero-order valence-electron chi connectivity index (χ0n) is 11.5. The maximum atomic E-state index is 9.17. The molecule has 0 amide bonds. The molecule has 1 aromatic rings. The van der Waals surface area contributed by atoms with E-state index in [2.05, 4.69) is 21.2 Å². The van der Waals surface area contributed by atoms with Crippen molar-refractivity contribution in [3.8, 4) is 5.75 Å². The molecule has 2 N–H and O–H groups in total. The fraction of sp³-hybridized carbons (Fsp3) is 0.571. The minimum absolute atomic E-state index is 0.331. The number of benzene rings is 1. The van der Waals surface area contributed by atoms with Gasteiger partial charge in [-0.1, -0.05) is 6.07 Å². The average molecular weight is 332 g/mol. The second-order valence-electron chi connectivity index (χ2n) is 4.42. The molecule has 0 spiro atoms. The second kappa shape index (κ2) is 9.31. The smallest absolute Gasteiger partial charge is 0.133 e. The van der Waals surface area contributed by atoms with Crippen LogP contribution in [0.4, 0.5) is 0 Å². The van der Waals surface area contributed by atoms with Gasteiger partial charge in [0.2, 0.25) is 0 Å². The van der Waals surface area contributed by atoms with Gasteiger partial charge in [0.1, 0.15) is 5.75 Å². The Morgan fingerprint density at radius 1 is 1.37 bits per heavy atom. The Kier molecular flexibility index (Phi) is 8.05. The van der Waals surface area contributed by atoms with Crippen LogP contribution < -0.4 is 10.1 Å². The summed E-state index contributed by atoms with van der Waals surface area (Å²) < 4.78 is 11.5. The largest absolute Gasteiger partial charge is 0.492 e. The van der Waals surface area contributed by atoms with Crippen molar-refractivity contribution >= 4 is 15.9 Å². The standard InChI is InChI=1S/C14H22BrNO3/c1-11(17)5-7-19-14-4-3-12(9-13(14)15)10-16-6-8-18-2/h3-4,9,11,16-17H,5-8,10H2,1-2H3. The molecule has 5 heteroatoms. The molecule has 0 heterocycles. The van der Waals surface area contributed by atoms with Crippen LogP contribution in [-0.4, -0.2) is 38.1 Å². The molecule has 108 valence electrons. The molecule has 1 atom stereocenters. The van der Waals surface area contributed by atoms with Crippen molar-refractivity contribution < 1.29 is 14.6 Å². The molecular formula is C14H22BrNO3. The zero-order valence-corrected chi connectivity index (χ0v) is 13.1. The van der Waals surface area contributed by atoms with Gasteiger partial charge in [-0.2, -0.15) is 0 Å². The lowest BCUT2D eigenvalue weighted by Crippen LogP contribution is -2.18. The lowest BCUT2D eigenvalue weighted by atomic mass is 10.2. The van der Waals surface area contributed by atoms with Gasteiger partial charge < -0.3 is 19.9 Å². The summed E-state index contributed by atoms with van der Waals surface area (Å²) >= 11 is 3.50. The summed E-state index contributed by atoms with van der Waals surface area (Å²) in [5.74, 6) is 0.807. The predicted octanol–water partition coefficient (Wildman–Crippen LogP) is 2.33. The molecule has 0 fully saturated rings. The van der Waals surface area contributed by atoms with Crippen LogP contribution in [0, 0.1) is 0 Å². The Bertz CT molecular complexity index is 372. The number of hydrogen-bond donors (Lipinski definition) is 2. The van der Waals surface area contributed by atoms with E-state index in [1.54, 1.807) is 14.0 Å². The first kappa shape index (κ1) is 16.4. The normalized spacial score (nSPS) is 12.4. The number of ether oxygens (including phenoxy) is 2. The quantitative estimate of drug-likeness (QED) is 0.682. The summed E-state index contributed by atoms with van der Waals surface area (Å²) in [5.41, 5.74) is 1.19. The molecule has 19 heavy (non-hydrogen) atoms. The van der Waals surface area contributed by atoms with Crippen molar-refractivity contribution in [3.63, 3.8) is 0 Å². The first-order valence-electron chi connectivity index (χ1n) is 6.42. The highest BCUT2D eigenvalue weighted by atomic mass is 79.9. The molecule has 1 unspecified atom stereocenters. The van der Waals surface area contributed by atoms with Crippen LogP contribution in [0.1, 0.15) is 18.9 Å². The van der Waals surface area contributed by atoms with Crippen molar-refractivity contribution in [2.75, 3.05) is 26.9 Å². The first-order chi connectivity index (χ1) is 9.13. The number of hydrogen-bond acceptors (Lipinski definition) is 4. The Balaban J connectivity index is 2.40. The van der Waals surface area contributed by atoms with E-state index in [0.29, 0.717) is 19.6 Å². The topological polar surface area (TPSA) is 50.7 Å². The molecule has 0 aliphatic carbocycles. The monoisotopic (exact) mass is 331 g/mol. The molecular weight excluding hydrogens is 310 g/mol. The van der Waals surface area contributed by atoms with E-state index < -0.39 is 0 Å². The van der Waals surface area contributed by atoms with Gasteiger partial charge in [-0.05, 0) is 40.5 Å². The van der Waals surface area contributed by atoms with Crippen LogP contribution >= 0.6 is 15.9 Å². The maximum absolute atomic E-state index is 9.17. The van der Waals surface area contributed by atoms with Crippen molar-refractivity contribution in [1.82, 2.24) is 5.32 Å². The van der Waals surface area contributed by atoms with Gasteiger partial charge in [0.05, 0.1) is 23.8 Å². The Labute approximate surface area is 123 Å². The van der Waals surface area contributed by atoms with Gasteiger partial charge in [0, 0.05) is 26.6 Å². The highest BCUT2D eigenvalue weighted by molar-refractivity contribution is 9.10. The van der Waals surface area contributed by atoms with E-state index in [1.165, 1.54) is 5.56 Å². The average Bonchev–Trinajstić information content (AvgIpc) is 2.37. The summed E-state index contributed by atoms with van der Waals surface area (Å²) in [6.07, 6.45) is 0.301. The SMILES string of the molecule is COCCNCc1ccc(OCCC(C)O)c(Br)c1. The molecule has 1 aromatic carbocycles. The van der Waals surface area contributed by atoms with E-state index in [-0.39, 0.29) is 6.10 Å². The summed E-state index contributed by atoms with van der Waals surface area (Å²) in [4.78, 5) is 0. The molecule has 0 aliphatic rings. The number of nitrogens with one attached hydrogen (secondary N) is 1. The van der Waals surface area contributed by atoms with Crippen molar-refractivity contribution in [2.45, 2.75) is 26.0 Å². The minimum Gasteiger partial charge on any atom is -0.492 e. The van der Waals surface area contributed by atoms with Crippen LogP contribution in [0.3, 0.4) is 0 Å². The second-order valence-corrected chi connectivity index (χ2v) is 5.27. The molecule has 0 aliphatic heterocycles. The number of aliphatic hydroxyl groups is 1. The van der Waals surface area contributed by atoms with Crippen LogP contribution in [0.25, 0.3) is 0 Å². The predicted molar refractivity (Wildman–Crippen MR) is 79.5 cm³/mol. The Morgan fingerprint density at radius 2 is 2.16 bits per heavy atom. The highest BCUT2D eigenvalue weighted by Gasteiger charge is 2.04. The molecule has 0 saturated heterocycles. The molecule has 0 radical (unpaired) electrons. The molecule has 0 saturated carbocycles. The number of halogens is 1. The van der Waals surface area contributed by atoms with Gasteiger partial charge in [-0.3, -0.25) is 0 Å². The summed E-state index contributed by atoms with van der Waals surface area (Å²) in [7, 11) is 1.69. The van der Waals surface area contributed by atoms with Gasteiger partial charge in [0.25, 0.3) is 0 Å². The fourth-order valence-corrected chi connectivity index (χ4v) is 2.06. The first-order valence-corrected chi connectivity index (χ1v) is 7.21. The Hall–Kier alpha value is -0.620. The maximum Gasteiger partial charge on any atom is 0.133 e. The van der Waals surface area contributed by atoms with Crippen molar-refractivity contribution in [2.24, 2.45) is 0 Å². The van der Waals surface area contributed by atoms with E-state index in [4.69, 9.17) is 9.47 Å². The van der Waals surface area contributed by atoms with Crippen LogP contribution in [0.2, 0.25) is 0 Å². The fourth-order valence-electron chi connectivity index (χ4n) is 1.52. The van der Waals surface area contributed by atoms with Gasteiger partial charge >= 0.3 is 0 Å². The van der Waals surface area contributed by atoms with E-state index in [0.717, 1.165) is 23.3 Å². The van der Waals surface area contributed by atoms with Crippen LogP contribution in [0.15, 0.2) is 22.7 Å². The number of aliphatic hydroxyl groups excluding tert-OH is 1. The lowest BCUT2D eigenvalue weighted by Gasteiger charge is -2.11. The number of rotatable bonds is 9. The van der Waals surface area contributed by atoms with Gasteiger partial charge in [0.15, 0.2) is 0 Å². The molecule has 1 rings (SSSR count). The van der Waals surface area contributed by atoms with Crippen LogP contribution in [0.5, 0.6) is 5.75 Å². The lowest BCUT2D eigenvalue weighted by molar-refractivity contribution is 0.155. The third-order valence-electron chi connectivity index (χ3n) is 2.60. The third-order valence-corrected chi connectivity index (χ3v) is 3.22. The summed E-state index contributed by atoms with van der Waals surface area (Å²) in [5, 5.41) is 12.5. The summed E-state index contributed by atoms with van der Waals surface area (Å²) in [6, 6.07) is 6.01. The van der Waals surface area contributed by atoms with Crippen molar-refractivity contribution in [3.05, 3.63) is 28.2 Å². The number of methoxy groups -OCH3 is 1. The van der Waals surface area contributed by atoms with E-state index >= 15 is 0 Å². The van der Waals surface area contributed by atoms with E-state index in [9.17, 15) is 5.11 Å². The van der Waals surface area contributed by atoms with E-state index in [1.807, 2.05) is 18.2 Å².